The number of carbonyl (C=O) groups is 1. The molecule has 98 valence electrons. The van der Waals surface area contributed by atoms with Crippen LogP contribution in [0.3, 0.4) is 0 Å². The van der Waals surface area contributed by atoms with Gasteiger partial charge in [0.1, 0.15) is 0 Å². The van der Waals surface area contributed by atoms with Gasteiger partial charge in [-0.3, -0.25) is 9.69 Å². The fraction of sp³-hybridized carbons (Fsp3) is 0.357. The predicted octanol–water partition coefficient (Wildman–Crippen LogP) is 0.783. The Morgan fingerprint density at radius 3 is 2.72 bits per heavy atom. The van der Waals surface area contributed by atoms with Gasteiger partial charge in [0.25, 0.3) is 0 Å². The summed E-state index contributed by atoms with van der Waals surface area (Å²) in [7, 11) is 0. The van der Waals surface area contributed by atoms with Gasteiger partial charge in [-0.1, -0.05) is 36.4 Å². The minimum atomic E-state index is -0.0471. The average molecular weight is 248 g/mol. The van der Waals surface area contributed by atoms with E-state index in [1.807, 2.05) is 35.2 Å². The van der Waals surface area contributed by atoms with E-state index in [0.717, 1.165) is 5.56 Å². The van der Waals surface area contributed by atoms with Crippen molar-refractivity contribution in [2.75, 3.05) is 26.2 Å². The Balaban J connectivity index is 2.33. The largest absolute Gasteiger partial charge is 0.395 e. The van der Waals surface area contributed by atoms with Gasteiger partial charge in [0.15, 0.2) is 0 Å². The lowest BCUT2D eigenvalue weighted by molar-refractivity contribution is -0.122. The Morgan fingerprint density at radius 1 is 1.39 bits per heavy atom. The minimum Gasteiger partial charge on any atom is -0.395 e. The summed E-state index contributed by atoms with van der Waals surface area (Å²) in [6.07, 6.45) is 1.72. The maximum atomic E-state index is 11.7. The summed E-state index contributed by atoms with van der Waals surface area (Å²) in [5, 5.41) is 11.7. The minimum absolute atomic E-state index is 0.0415. The molecular formula is C14H20N2O2. The third kappa shape index (κ3) is 5.61. The second kappa shape index (κ2) is 8.44. The van der Waals surface area contributed by atoms with E-state index in [4.69, 9.17) is 5.11 Å². The number of amides is 1. The van der Waals surface area contributed by atoms with Crippen molar-refractivity contribution in [1.29, 1.82) is 0 Å². The molecule has 0 fully saturated rings. The summed E-state index contributed by atoms with van der Waals surface area (Å²) in [5.41, 5.74) is 1.07. The van der Waals surface area contributed by atoms with E-state index >= 15 is 0 Å². The van der Waals surface area contributed by atoms with Crippen LogP contribution in [0.25, 0.3) is 0 Å². The highest BCUT2D eigenvalue weighted by atomic mass is 16.3. The van der Waals surface area contributed by atoms with Crippen molar-refractivity contribution in [2.45, 2.75) is 6.54 Å². The van der Waals surface area contributed by atoms with E-state index in [-0.39, 0.29) is 19.1 Å². The molecule has 0 atom stereocenters. The third-order valence-corrected chi connectivity index (χ3v) is 2.50. The number of nitrogens with zero attached hydrogens (tertiary/aromatic N) is 1. The Morgan fingerprint density at radius 2 is 2.11 bits per heavy atom. The van der Waals surface area contributed by atoms with Gasteiger partial charge in [-0.25, -0.2) is 0 Å². The van der Waals surface area contributed by atoms with Crippen LogP contribution < -0.4 is 5.32 Å². The lowest BCUT2D eigenvalue weighted by Crippen LogP contribution is -2.38. The number of benzene rings is 1. The van der Waals surface area contributed by atoms with Crippen molar-refractivity contribution in [3.63, 3.8) is 0 Å². The van der Waals surface area contributed by atoms with Gasteiger partial charge in [-0.2, -0.15) is 0 Å². The molecule has 0 aliphatic heterocycles. The number of hydrogen-bond acceptors (Lipinski definition) is 3. The maximum Gasteiger partial charge on any atom is 0.234 e. The highest BCUT2D eigenvalue weighted by Crippen LogP contribution is 1.97. The highest BCUT2D eigenvalue weighted by Gasteiger charge is 2.08. The molecule has 1 aromatic rings. The molecule has 0 heterocycles. The second-order valence-electron chi connectivity index (χ2n) is 4.01. The zero-order valence-corrected chi connectivity index (χ0v) is 10.5. The molecule has 4 heteroatoms. The number of aliphatic hydroxyl groups excluding tert-OH is 1. The SMILES string of the molecule is C=CCN(CCO)CC(=O)NCc1ccccc1. The quantitative estimate of drug-likeness (QED) is 0.669. The van der Waals surface area contributed by atoms with Crippen molar-refractivity contribution in [3.05, 3.63) is 48.6 Å². The molecule has 0 aliphatic carbocycles. The smallest absolute Gasteiger partial charge is 0.234 e. The maximum absolute atomic E-state index is 11.7. The first kappa shape index (κ1) is 14.4. The van der Waals surface area contributed by atoms with Crippen LogP contribution in [-0.4, -0.2) is 42.2 Å². The van der Waals surface area contributed by atoms with E-state index in [1.54, 1.807) is 6.08 Å². The van der Waals surface area contributed by atoms with Crippen molar-refractivity contribution in [2.24, 2.45) is 0 Å². The Labute approximate surface area is 108 Å². The highest BCUT2D eigenvalue weighted by molar-refractivity contribution is 5.78. The first-order valence-corrected chi connectivity index (χ1v) is 6.01. The van der Waals surface area contributed by atoms with Gasteiger partial charge in [0.05, 0.1) is 13.2 Å². The Bertz CT molecular complexity index is 365. The van der Waals surface area contributed by atoms with Crippen molar-refractivity contribution < 1.29 is 9.90 Å². The Kier molecular flexibility index (Phi) is 6.76. The zero-order chi connectivity index (χ0) is 13.2. The molecule has 4 nitrogen and oxygen atoms in total. The van der Waals surface area contributed by atoms with Gasteiger partial charge in [0, 0.05) is 19.6 Å². The molecule has 2 N–H and O–H groups in total. The molecule has 1 amide bonds. The van der Waals surface area contributed by atoms with Crippen molar-refractivity contribution in [3.8, 4) is 0 Å². The van der Waals surface area contributed by atoms with Crippen molar-refractivity contribution in [1.82, 2.24) is 10.2 Å². The molecule has 0 aromatic heterocycles. The van der Waals surface area contributed by atoms with Crippen LogP contribution in [0.5, 0.6) is 0 Å². The van der Waals surface area contributed by atoms with Gasteiger partial charge in [-0.05, 0) is 5.56 Å². The molecule has 0 unspecified atom stereocenters. The molecule has 0 saturated carbocycles. The van der Waals surface area contributed by atoms with Gasteiger partial charge >= 0.3 is 0 Å². The summed E-state index contributed by atoms with van der Waals surface area (Å²) in [4.78, 5) is 13.5. The lowest BCUT2D eigenvalue weighted by Gasteiger charge is -2.18. The molecule has 0 saturated heterocycles. The Hall–Kier alpha value is -1.65. The molecule has 0 aliphatic rings. The summed E-state index contributed by atoms with van der Waals surface area (Å²) < 4.78 is 0. The summed E-state index contributed by atoms with van der Waals surface area (Å²) >= 11 is 0. The molecule has 0 bridgehead atoms. The lowest BCUT2D eigenvalue weighted by atomic mass is 10.2. The van der Waals surface area contributed by atoms with Gasteiger partial charge < -0.3 is 10.4 Å². The summed E-state index contributed by atoms with van der Waals surface area (Å²) in [6.45, 7) is 5.55. The van der Waals surface area contributed by atoms with Crippen molar-refractivity contribution >= 4 is 5.91 Å². The molecule has 0 radical (unpaired) electrons. The van der Waals surface area contributed by atoms with E-state index in [0.29, 0.717) is 19.6 Å². The molecule has 1 rings (SSSR count). The third-order valence-electron chi connectivity index (χ3n) is 2.50. The number of rotatable bonds is 8. The van der Waals surface area contributed by atoms with Crippen LogP contribution in [0.4, 0.5) is 0 Å². The molecule has 1 aromatic carbocycles. The molecule has 0 spiro atoms. The number of aliphatic hydroxyl groups is 1. The molecular weight excluding hydrogens is 228 g/mol. The fourth-order valence-electron chi connectivity index (χ4n) is 1.61. The zero-order valence-electron chi connectivity index (χ0n) is 10.5. The van der Waals surface area contributed by atoms with E-state index in [1.165, 1.54) is 0 Å². The van der Waals surface area contributed by atoms with Crippen LogP contribution in [-0.2, 0) is 11.3 Å². The normalized spacial score (nSPS) is 10.3. The molecule has 18 heavy (non-hydrogen) atoms. The first-order chi connectivity index (χ1) is 8.76. The standard InChI is InChI=1S/C14H20N2O2/c1-2-8-16(9-10-17)12-14(18)15-11-13-6-4-3-5-7-13/h2-7,17H,1,8-12H2,(H,15,18). The van der Waals surface area contributed by atoms with Crippen LogP contribution >= 0.6 is 0 Å². The number of hydrogen-bond donors (Lipinski definition) is 2. The van der Waals surface area contributed by atoms with Crippen LogP contribution in [0, 0.1) is 0 Å². The summed E-state index contributed by atoms with van der Waals surface area (Å²) in [6, 6.07) is 9.76. The monoisotopic (exact) mass is 248 g/mol. The fourth-order valence-corrected chi connectivity index (χ4v) is 1.61. The van der Waals surface area contributed by atoms with Crippen LogP contribution in [0.2, 0.25) is 0 Å². The summed E-state index contributed by atoms with van der Waals surface area (Å²) in [5.74, 6) is -0.0471. The predicted molar refractivity (Wildman–Crippen MR) is 72.0 cm³/mol. The topological polar surface area (TPSA) is 52.6 Å². The average Bonchev–Trinajstić information content (AvgIpc) is 2.38. The van der Waals surface area contributed by atoms with Gasteiger partial charge in [-0.15, -0.1) is 6.58 Å². The van der Waals surface area contributed by atoms with Crippen LogP contribution in [0.1, 0.15) is 5.56 Å². The second-order valence-corrected chi connectivity index (χ2v) is 4.01. The van der Waals surface area contributed by atoms with E-state index in [2.05, 4.69) is 11.9 Å². The first-order valence-electron chi connectivity index (χ1n) is 6.01. The number of nitrogens with one attached hydrogen (secondary N) is 1. The van der Waals surface area contributed by atoms with E-state index in [9.17, 15) is 4.79 Å². The number of carbonyl (C=O) groups excluding carboxylic acids is 1. The van der Waals surface area contributed by atoms with Gasteiger partial charge in [0.2, 0.25) is 5.91 Å². The van der Waals surface area contributed by atoms with Crippen LogP contribution in [0.15, 0.2) is 43.0 Å². The van der Waals surface area contributed by atoms with E-state index < -0.39 is 0 Å².